The second-order valence-electron chi connectivity index (χ2n) is 3.72. The summed E-state index contributed by atoms with van der Waals surface area (Å²) >= 11 is 0. The lowest BCUT2D eigenvalue weighted by molar-refractivity contribution is -0.291. The highest BCUT2D eigenvalue weighted by atomic mass is 35.5. The molecule has 1 aromatic carbocycles. The zero-order valence-corrected chi connectivity index (χ0v) is 10.9. The Morgan fingerprint density at radius 3 is 2.25 bits per heavy atom. The molecule has 0 aliphatic carbocycles. The molecular weight excluding hydrogens is 309 g/mol. The lowest BCUT2D eigenvalue weighted by Crippen LogP contribution is -2.45. The second kappa shape index (κ2) is 6.36. The average Bonchev–Trinajstić information content (AvgIpc) is 2.35. The summed E-state index contributed by atoms with van der Waals surface area (Å²) in [4.78, 5) is 11.2. The maximum atomic E-state index is 13.1. The number of ether oxygens (including phenoxy) is 1. The predicted molar refractivity (Wildman–Crippen MR) is 63.0 cm³/mol. The minimum absolute atomic E-state index is 0. The Morgan fingerprint density at radius 1 is 1.25 bits per heavy atom. The normalized spacial score (nSPS) is 13.3. The summed E-state index contributed by atoms with van der Waals surface area (Å²) < 4.78 is 67.0. The fourth-order valence-corrected chi connectivity index (χ4v) is 1.36. The van der Waals surface area contributed by atoms with Crippen LogP contribution in [0.3, 0.4) is 0 Å². The summed E-state index contributed by atoms with van der Waals surface area (Å²) in [6, 6.07) is 1.59. The van der Waals surface area contributed by atoms with Gasteiger partial charge in [0.05, 0.1) is 12.7 Å². The van der Waals surface area contributed by atoms with Crippen molar-refractivity contribution in [1.29, 1.82) is 0 Å². The Hall–Kier alpha value is -1.41. The lowest BCUT2D eigenvalue weighted by Gasteiger charge is -2.26. The maximum absolute atomic E-state index is 13.1. The van der Waals surface area contributed by atoms with Crippen molar-refractivity contribution in [3.63, 3.8) is 0 Å². The Balaban J connectivity index is 0.00000361. The number of nitrogens with two attached hydrogens (primary N) is 1. The van der Waals surface area contributed by atoms with E-state index in [0.717, 1.165) is 25.3 Å². The first-order valence-electron chi connectivity index (χ1n) is 4.99. The third-order valence-corrected chi connectivity index (χ3v) is 2.44. The van der Waals surface area contributed by atoms with Crippen LogP contribution in [0.15, 0.2) is 24.3 Å². The van der Waals surface area contributed by atoms with Crippen LogP contribution in [0.4, 0.5) is 22.0 Å². The number of carbonyl (C=O) groups is 1. The van der Waals surface area contributed by atoms with Gasteiger partial charge in [-0.3, -0.25) is 0 Å². The zero-order chi connectivity index (χ0) is 14.8. The van der Waals surface area contributed by atoms with Crippen molar-refractivity contribution in [3.8, 4) is 0 Å². The molecule has 1 rings (SSSR count). The zero-order valence-electron chi connectivity index (χ0n) is 10.1. The quantitative estimate of drug-likeness (QED) is 0.688. The van der Waals surface area contributed by atoms with E-state index in [1.807, 2.05) is 0 Å². The first kappa shape index (κ1) is 18.6. The highest BCUT2D eigenvalue weighted by Gasteiger charge is 2.61. The molecule has 3 nitrogen and oxygen atoms in total. The van der Waals surface area contributed by atoms with Crippen molar-refractivity contribution in [1.82, 2.24) is 0 Å². The average molecular weight is 320 g/mol. The van der Waals surface area contributed by atoms with Gasteiger partial charge in [-0.15, -0.1) is 12.4 Å². The van der Waals surface area contributed by atoms with Gasteiger partial charge in [0, 0.05) is 0 Å². The molecular formula is C11H11ClF5NO2. The number of alkyl halides is 5. The monoisotopic (exact) mass is 319 g/mol. The van der Waals surface area contributed by atoms with E-state index in [4.69, 9.17) is 5.73 Å². The molecule has 0 fully saturated rings. The number of benzene rings is 1. The first-order valence-corrected chi connectivity index (χ1v) is 4.99. The van der Waals surface area contributed by atoms with Crippen LogP contribution < -0.4 is 5.73 Å². The van der Waals surface area contributed by atoms with Crippen LogP contribution in [0.25, 0.3) is 0 Å². The van der Waals surface area contributed by atoms with Gasteiger partial charge in [0.2, 0.25) is 0 Å². The molecule has 0 amide bonds. The first-order chi connectivity index (χ1) is 8.61. The molecule has 1 aromatic rings. The van der Waals surface area contributed by atoms with E-state index in [0.29, 0.717) is 0 Å². The van der Waals surface area contributed by atoms with Crippen molar-refractivity contribution in [2.75, 3.05) is 7.11 Å². The lowest BCUT2D eigenvalue weighted by atomic mass is 9.99. The highest BCUT2D eigenvalue weighted by molar-refractivity contribution is 5.89. The molecule has 0 radical (unpaired) electrons. The fourth-order valence-electron chi connectivity index (χ4n) is 1.36. The number of halogens is 6. The van der Waals surface area contributed by atoms with E-state index in [9.17, 15) is 26.7 Å². The third-order valence-electron chi connectivity index (χ3n) is 2.44. The van der Waals surface area contributed by atoms with E-state index in [1.54, 1.807) is 0 Å². The second-order valence-corrected chi connectivity index (χ2v) is 3.72. The van der Waals surface area contributed by atoms with E-state index in [2.05, 4.69) is 4.74 Å². The van der Waals surface area contributed by atoms with Crippen LogP contribution in [-0.4, -0.2) is 25.2 Å². The van der Waals surface area contributed by atoms with Crippen LogP contribution in [0.2, 0.25) is 0 Å². The molecule has 9 heteroatoms. The summed E-state index contributed by atoms with van der Waals surface area (Å²) in [5.41, 5.74) is 4.28. The van der Waals surface area contributed by atoms with Crippen LogP contribution in [0.1, 0.15) is 22.0 Å². The van der Waals surface area contributed by atoms with Gasteiger partial charge in [-0.25, -0.2) is 4.79 Å². The van der Waals surface area contributed by atoms with Crippen molar-refractivity contribution < 1.29 is 31.5 Å². The molecule has 0 heterocycles. The number of hydrogen-bond acceptors (Lipinski definition) is 3. The molecule has 0 saturated heterocycles. The van der Waals surface area contributed by atoms with Gasteiger partial charge in [-0.05, 0) is 17.7 Å². The summed E-state index contributed by atoms with van der Waals surface area (Å²) in [6.07, 6.45) is -5.77. The van der Waals surface area contributed by atoms with Gasteiger partial charge < -0.3 is 10.5 Å². The van der Waals surface area contributed by atoms with E-state index in [-0.39, 0.29) is 18.0 Å². The molecule has 20 heavy (non-hydrogen) atoms. The smallest absolute Gasteiger partial charge is 0.455 e. The molecule has 0 bridgehead atoms. The van der Waals surface area contributed by atoms with Gasteiger partial charge in [0.25, 0.3) is 0 Å². The maximum Gasteiger partial charge on any atom is 0.455 e. The summed E-state index contributed by atoms with van der Waals surface area (Å²) in [5.74, 6) is -5.95. The van der Waals surface area contributed by atoms with E-state index < -0.39 is 29.7 Å². The number of hydrogen-bond donors (Lipinski definition) is 1. The molecule has 114 valence electrons. The Bertz CT molecular complexity index is 478. The predicted octanol–water partition coefficient (Wildman–Crippen LogP) is 3.09. The molecule has 2 N–H and O–H groups in total. The van der Waals surface area contributed by atoms with Crippen LogP contribution in [-0.2, 0) is 4.74 Å². The Labute approximate surface area is 117 Å². The summed E-state index contributed by atoms with van der Waals surface area (Å²) in [5, 5.41) is 0. The molecule has 0 unspecified atom stereocenters. The van der Waals surface area contributed by atoms with Crippen LogP contribution in [0.5, 0.6) is 0 Å². The summed E-state index contributed by atoms with van der Waals surface area (Å²) in [7, 11) is 1.05. The minimum Gasteiger partial charge on any atom is -0.465 e. The SMILES string of the molecule is COC(=O)c1cccc([C@@H](N)C(F)(F)C(F)(F)F)c1.Cl. The van der Waals surface area contributed by atoms with Crippen molar-refractivity contribution >= 4 is 18.4 Å². The molecule has 0 aromatic heterocycles. The molecule has 0 saturated carbocycles. The Morgan fingerprint density at radius 2 is 1.80 bits per heavy atom. The van der Waals surface area contributed by atoms with Crippen molar-refractivity contribution in [2.45, 2.75) is 18.1 Å². The molecule has 0 aliphatic rings. The number of methoxy groups -OCH3 is 1. The van der Waals surface area contributed by atoms with Crippen molar-refractivity contribution in [3.05, 3.63) is 35.4 Å². The third kappa shape index (κ3) is 3.57. The van der Waals surface area contributed by atoms with Crippen LogP contribution >= 0.6 is 12.4 Å². The minimum atomic E-state index is -5.77. The number of esters is 1. The van der Waals surface area contributed by atoms with E-state index in [1.165, 1.54) is 6.07 Å². The number of rotatable bonds is 3. The fraction of sp³-hybridized carbons (Fsp3) is 0.364. The highest BCUT2D eigenvalue weighted by Crippen LogP contribution is 2.43. The standard InChI is InChI=1S/C11H10F5NO2.ClH/c1-19-9(18)7-4-2-3-6(5-7)8(17)10(12,13)11(14,15)16;/h2-5,8H,17H2,1H3;1H/t8-;/m1./s1. The van der Waals surface area contributed by atoms with Gasteiger partial charge in [-0.1, -0.05) is 12.1 Å². The molecule has 0 spiro atoms. The number of carbonyl (C=O) groups excluding carboxylic acids is 1. The molecule has 1 atom stereocenters. The van der Waals surface area contributed by atoms with Gasteiger partial charge in [0.15, 0.2) is 0 Å². The molecule has 0 aliphatic heterocycles. The van der Waals surface area contributed by atoms with Gasteiger partial charge >= 0.3 is 18.1 Å². The Kier molecular flexibility index (Phi) is 5.91. The van der Waals surface area contributed by atoms with Gasteiger partial charge in [-0.2, -0.15) is 22.0 Å². The van der Waals surface area contributed by atoms with Crippen LogP contribution in [0, 0.1) is 0 Å². The van der Waals surface area contributed by atoms with Crippen molar-refractivity contribution in [2.24, 2.45) is 5.73 Å². The topological polar surface area (TPSA) is 52.3 Å². The summed E-state index contributed by atoms with van der Waals surface area (Å²) in [6.45, 7) is 0. The van der Waals surface area contributed by atoms with E-state index >= 15 is 0 Å². The largest absolute Gasteiger partial charge is 0.465 e. The van der Waals surface area contributed by atoms with Gasteiger partial charge in [0.1, 0.15) is 6.04 Å².